The minimum absolute atomic E-state index is 0.250. The van der Waals surface area contributed by atoms with Gasteiger partial charge in [-0.15, -0.1) is 0 Å². The van der Waals surface area contributed by atoms with E-state index >= 15 is 0 Å². The van der Waals surface area contributed by atoms with Crippen molar-refractivity contribution in [2.24, 2.45) is 39.7 Å². The van der Waals surface area contributed by atoms with Crippen LogP contribution in [0.3, 0.4) is 0 Å². The van der Waals surface area contributed by atoms with Crippen molar-refractivity contribution in [1.82, 2.24) is 0 Å². The number of hydrogen-bond acceptors (Lipinski definition) is 7. The van der Waals surface area contributed by atoms with Crippen molar-refractivity contribution in [3.8, 4) is 0 Å². The summed E-state index contributed by atoms with van der Waals surface area (Å²) in [7, 11) is 0. The summed E-state index contributed by atoms with van der Waals surface area (Å²) in [5, 5.41) is 11.3. The molecule has 0 aromatic heterocycles. The van der Waals surface area contributed by atoms with Crippen LogP contribution >= 0.6 is 0 Å². The Morgan fingerprint density at radius 1 is 0.828 bits per heavy atom. The van der Waals surface area contributed by atoms with Gasteiger partial charge in [0.2, 0.25) is 0 Å². The number of carbonyl (C=O) groups excluding carboxylic acids is 5. The standard InChI is InChI=1S/C10H17NO.C10H16O.2CO2/c1-7(6-11-12)5-9-8(2)10(9,3)4;1-7(6-11)5-9-8(2)10(9,3)4;2*2-1-3/h5-6,8-9,12H,1-4H3;5-6,8-9H,1-4H3;;/b7-5+,11-6-;7-5+;;. The molecule has 7 heteroatoms. The Hall–Kier alpha value is -2.62. The number of rotatable bonds is 4. The lowest BCUT2D eigenvalue weighted by molar-refractivity contribution is -0.193. The van der Waals surface area contributed by atoms with Crippen LogP contribution in [-0.2, 0) is 24.0 Å². The minimum atomic E-state index is 0.250. The summed E-state index contributed by atoms with van der Waals surface area (Å²) in [5.41, 5.74) is 2.77. The second-order valence-electron chi connectivity index (χ2n) is 8.62. The van der Waals surface area contributed by atoms with Crippen LogP contribution in [0.15, 0.2) is 28.5 Å². The van der Waals surface area contributed by atoms with Crippen LogP contribution in [0.2, 0.25) is 0 Å². The molecular formula is C22H33NO6. The van der Waals surface area contributed by atoms with Crippen molar-refractivity contribution in [2.45, 2.75) is 55.4 Å². The second-order valence-corrected chi connectivity index (χ2v) is 8.62. The molecule has 0 bridgehead atoms. The Kier molecular flexibility index (Phi) is 12.6. The normalized spacial score (nSPS) is 28.0. The van der Waals surface area contributed by atoms with Crippen LogP contribution in [0.25, 0.3) is 0 Å². The fourth-order valence-electron chi connectivity index (χ4n) is 3.34. The highest BCUT2D eigenvalue weighted by atomic mass is 16.4. The van der Waals surface area contributed by atoms with Crippen molar-refractivity contribution in [1.29, 1.82) is 0 Å². The predicted molar refractivity (Wildman–Crippen MR) is 107 cm³/mol. The van der Waals surface area contributed by atoms with Gasteiger partial charge in [-0.1, -0.05) is 58.9 Å². The van der Waals surface area contributed by atoms with Gasteiger partial charge in [-0.25, -0.2) is 0 Å². The van der Waals surface area contributed by atoms with Crippen LogP contribution in [0.4, 0.5) is 0 Å². The lowest BCUT2D eigenvalue weighted by Gasteiger charge is -1.97. The summed E-state index contributed by atoms with van der Waals surface area (Å²) in [4.78, 5) is 42.8. The smallest absolute Gasteiger partial charge is 0.373 e. The maximum atomic E-state index is 10.3. The first-order valence-electron chi connectivity index (χ1n) is 9.31. The molecule has 0 saturated heterocycles. The zero-order valence-corrected chi connectivity index (χ0v) is 18.6. The van der Waals surface area contributed by atoms with Gasteiger partial charge < -0.3 is 5.21 Å². The van der Waals surface area contributed by atoms with Crippen molar-refractivity contribution in [2.75, 3.05) is 0 Å². The van der Waals surface area contributed by atoms with E-state index in [9.17, 15) is 4.79 Å². The summed E-state index contributed by atoms with van der Waals surface area (Å²) in [5.74, 6) is 2.75. The number of carbonyl (C=O) groups is 1. The van der Waals surface area contributed by atoms with Crippen molar-refractivity contribution in [3.05, 3.63) is 23.3 Å². The monoisotopic (exact) mass is 407 g/mol. The Labute approximate surface area is 172 Å². The molecule has 0 aromatic rings. The third-order valence-electron chi connectivity index (χ3n) is 6.26. The highest BCUT2D eigenvalue weighted by Crippen LogP contribution is 2.59. The topological polar surface area (TPSA) is 118 Å². The van der Waals surface area contributed by atoms with E-state index in [-0.39, 0.29) is 12.3 Å². The molecule has 7 nitrogen and oxygen atoms in total. The highest BCUT2D eigenvalue weighted by molar-refractivity contribution is 5.77. The molecule has 0 aromatic carbocycles. The van der Waals surface area contributed by atoms with Crippen LogP contribution in [0.1, 0.15) is 55.4 Å². The molecule has 0 spiro atoms. The van der Waals surface area contributed by atoms with Crippen LogP contribution < -0.4 is 0 Å². The van der Waals surface area contributed by atoms with E-state index in [2.05, 4.69) is 58.9 Å². The lowest BCUT2D eigenvalue weighted by atomic mass is 10.1. The molecule has 2 aliphatic carbocycles. The van der Waals surface area contributed by atoms with Crippen LogP contribution in [0.5, 0.6) is 0 Å². The molecule has 0 aliphatic heterocycles. The van der Waals surface area contributed by atoms with Crippen molar-refractivity contribution >= 4 is 24.8 Å². The summed E-state index contributed by atoms with van der Waals surface area (Å²) < 4.78 is 0. The molecule has 1 N–H and O–H groups in total. The molecule has 0 radical (unpaired) electrons. The molecule has 2 rings (SSSR count). The number of nitrogens with zero attached hydrogens (tertiary/aromatic N) is 1. The summed E-state index contributed by atoms with van der Waals surface area (Å²) >= 11 is 0. The minimum Gasteiger partial charge on any atom is -0.411 e. The fourth-order valence-corrected chi connectivity index (χ4v) is 3.34. The zero-order chi connectivity index (χ0) is 23.4. The van der Waals surface area contributed by atoms with E-state index in [0.717, 1.165) is 29.3 Å². The number of aldehydes is 1. The maximum absolute atomic E-state index is 10.3. The quantitative estimate of drug-likeness (QED) is 0.248. The largest absolute Gasteiger partial charge is 0.411 e. The molecule has 4 unspecified atom stereocenters. The number of allylic oxidation sites excluding steroid dienone is 4. The average Bonchev–Trinajstić information content (AvgIpc) is 3.31. The maximum Gasteiger partial charge on any atom is 0.373 e. The van der Waals surface area contributed by atoms with Gasteiger partial charge in [-0.05, 0) is 59.5 Å². The highest BCUT2D eigenvalue weighted by Gasteiger charge is 2.53. The number of oxime groups is 1. The predicted octanol–water partition coefficient (Wildman–Crippen LogP) is 3.94. The molecular weight excluding hydrogens is 374 g/mol. The van der Waals surface area contributed by atoms with Crippen molar-refractivity contribution in [3.63, 3.8) is 0 Å². The van der Waals surface area contributed by atoms with Gasteiger partial charge in [0.25, 0.3) is 0 Å². The molecule has 2 saturated carbocycles. The third kappa shape index (κ3) is 9.42. The average molecular weight is 408 g/mol. The first-order valence-corrected chi connectivity index (χ1v) is 9.31. The summed E-state index contributed by atoms with van der Waals surface area (Å²) in [6.07, 6.45) is 7.20. The first-order chi connectivity index (χ1) is 13.3. The van der Waals surface area contributed by atoms with E-state index in [1.807, 2.05) is 13.8 Å². The molecule has 29 heavy (non-hydrogen) atoms. The molecule has 2 fully saturated rings. The summed E-state index contributed by atoms with van der Waals surface area (Å²) in [6.45, 7) is 17.3. The Morgan fingerprint density at radius 3 is 1.31 bits per heavy atom. The third-order valence-corrected chi connectivity index (χ3v) is 6.26. The van der Waals surface area contributed by atoms with Gasteiger partial charge in [0.05, 0.1) is 6.21 Å². The summed E-state index contributed by atoms with van der Waals surface area (Å²) in [6, 6.07) is 0. The zero-order valence-electron chi connectivity index (χ0n) is 18.6. The molecule has 162 valence electrons. The van der Waals surface area contributed by atoms with Gasteiger partial charge in [-0.3, -0.25) is 4.79 Å². The Balaban J connectivity index is 0. The lowest BCUT2D eigenvalue weighted by Crippen LogP contribution is -1.88. The Bertz CT molecular complexity index is 678. The molecule has 0 heterocycles. The van der Waals surface area contributed by atoms with Crippen LogP contribution in [-0.4, -0.2) is 30.0 Å². The first kappa shape index (κ1) is 28.6. The molecule has 2 aliphatic rings. The van der Waals surface area contributed by atoms with Gasteiger partial charge in [0.1, 0.15) is 6.29 Å². The van der Waals surface area contributed by atoms with Gasteiger partial charge in [-0.2, -0.15) is 19.2 Å². The van der Waals surface area contributed by atoms with E-state index in [1.54, 1.807) is 0 Å². The van der Waals surface area contributed by atoms with Gasteiger partial charge in [0.15, 0.2) is 0 Å². The fraction of sp³-hybridized carbons (Fsp3) is 0.636. The van der Waals surface area contributed by atoms with E-state index in [0.29, 0.717) is 22.7 Å². The number of hydrogen-bond donors (Lipinski definition) is 1. The molecule has 0 amide bonds. The van der Waals surface area contributed by atoms with Crippen molar-refractivity contribution < 1.29 is 29.2 Å². The van der Waals surface area contributed by atoms with E-state index in [1.165, 1.54) is 6.21 Å². The van der Waals surface area contributed by atoms with Crippen LogP contribution in [0, 0.1) is 34.5 Å². The van der Waals surface area contributed by atoms with E-state index < -0.39 is 0 Å². The van der Waals surface area contributed by atoms with Gasteiger partial charge in [0, 0.05) is 0 Å². The Morgan fingerprint density at radius 2 is 1.10 bits per heavy atom. The van der Waals surface area contributed by atoms with Gasteiger partial charge >= 0.3 is 12.3 Å². The second kappa shape index (κ2) is 12.8. The molecule has 4 atom stereocenters. The SMILES string of the molecule is C/C(C=O)=C\C1C(C)C1(C)C.CC(/C=N\O)=C\C1C(C)C1(C)C.O=C=O.O=C=O. The van der Waals surface area contributed by atoms with E-state index in [4.69, 9.17) is 24.4 Å².